The molecule has 164 valence electrons. The highest BCUT2D eigenvalue weighted by Gasteiger charge is 2.43. The van der Waals surface area contributed by atoms with Crippen LogP contribution in [0.1, 0.15) is 22.2 Å². The van der Waals surface area contributed by atoms with E-state index in [0.29, 0.717) is 24.3 Å². The van der Waals surface area contributed by atoms with E-state index in [1.807, 2.05) is 0 Å². The van der Waals surface area contributed by atoms with Gasteiger partial charge < -0.3 is 10.6 Å². The van der Waals surface area contributed by atoms with E-state index in [4.69, 9.17) is 0 Å². The monoisotopic (exact) mass is 480 g/mol. The van der Waals surface area contributed by atoms with Crippen molar-refractivity contribution in [3.05, 3.63) is 46.2 Å². The minimum atomic E-state index is -3.76. The number of nitrogens with zero attached hydrogens (tertiary/aromatic N) is 1. The Morgan fingerprint density at radius 1 is 1.19 bits per heavy atom. The van der Waals surface area contributed by atoms with Gasteiger partial charge in [0.1, 0.15) is 15.3 Å². The van der Waals surface area contributed by atoms with E-state index < -0.39 is 33.4 Å². The van der Waals surface area contributed by atoms with Crippen LogP contribution in [0, 0.1) is 0 Å². The summed E-state index contributed by atoms with van der Waals surface area (Å²) >= 11 is 2.75. The van der Waals surface area contributed by atoms with E-state index in [1.165, 1.54) is 10.4 Å². The first-order valence-corrected chi connectivity index (χ1v) is 12.9. The Balaban J connectivity index is 1.57. The molecule has 12 heteroatoms. The molecule has 3 heterocycles. The summed E-state index contributed by atoms with van der Waals surface area (Å²) in [5, 5.41) is 9.06. The van der Waals surface area contributed by atoms with E-state index in [0.717, 1.165) is 22.8 Å². The molecular formula is C19H20N4O5S3. The lowest BCUT2D eigenvalue weighted by atomic mass is 9.92. The van der Waals surface area contributed by atoms with Crippen molar-refractivity contribution in [2.24, 2.45) is 0 Å². The summed E-state index contributed by atoms with van der Waals surface area (Å²) in [5.74, 6) is 0.399. The fraction of sp³-hybridized carbons (Fsp3) is 0.316. The molecule has 9 nitrogen and oxygen atoms in total. The number of benzene rings is 1. The number of sulfonamides is 1. The van der Waals surface area contributed by atoms with Gasteiger partial charge in [-0.05, 0) is 36.1 Å². The van der Waals surface area contributed by atoms with Crippen molar-refractivity contribution in [3.63, 3.8) is 0 Å². The number of thiophene rings is 1. The largest absolute Gasteiger partial charge is 0.322 e. The number of carbonyl (C=O) groups excluding carboxylic acids is 3. The van der Waals surface area contributed by atoms with Gasteiger partial charge in [-0.15, -0.1) is 11.3 Å². The maximum absolute atomic E-state index is 13.0. The molecule has 2 aromatic rings. The fourth-order valence-electron chi connectivity index (χ4n) is 3.43. The molecule has 4 amide bonds. The highest BCUT2D eigenvalue weighted by Crippen LogP contribution is 2.29. The summed E-state index contributed by atoms with van der Waals surface area (Å²) in [5.41, 5.74) is -0.399. The first-order valence-electron chi connectivity index (χ1n) is 9.43. The molecule has 2 fully saturated rings. The van der Waals surface area contributed by atoms with Crippen molar-refractivity contribution < 1.29 is 22.8 Å². The number of anilines is 1. The van der Waals surface area contributed by atoms with Crippen LogP contribution in [0.5, 0.6) is 0 Å². The molecule has 0 saturated carbocycles. The average molecular weight is 481 g/mol. The van der Waals surface area contributed by atoms with Gasteiger partial charge in [0.05, 0.1) is 0 Å². The number of nitrogens with one attached hydrogen (secondary N) is 3. The number of amides is 4. The number of thioether (sulfide) groups is 1. The molecule has 2 aliphatic rings. The van der Waals surface area contributed by atoms with Crippen LogP contribution in [0.2, 0.25) is 0 Å². The molecule has 0 spiro atoms. The lowest BCUT2D eigenvalue weighted by molar-refractivity contribution is -0.123. The zero-order valence-electron chi connectivity index (χ0n) is 16.5. The summed E-state index contributed by atoms with van der Waals surface area (Å²) in [4.78, 5) is 36.7. The standard InChI is InChI=1S/C19H20N4O5S3/c1-19(17(25)21-18(26)22-19)12-3-2-4-13(11-12)20-16(24)15-14(5-8-30-15)31(27,28)23-6-9-29-10-7-23/h2-5,8,11H,6-7,9-10H2,1H3,(H,20,24)(H2,21,22,25,26). The Morgan fingerprint density at radius 2 is 1.94 bits per heavy atom. The molecule has 3 N–H and O–H groups in total. The van der Waals surface area contributed by atoms with E-state index in [2.05, 4.69) is 16.0 Å². The maximum Gasteiger partial charge on any atom is 0.322 e. The van der Waals surface area contributed by atoms with Gasteiger partial charge in [-0.25, -0.2) is 13.2 Å². The third-order valence-corrected chi connectivity index (χ3v) is 9.09. The first-order chi connectivity index (χ1) is 14.7. The molecule has 31 heavy (non-hydrogen) atoms. The van der Waals surface area contributed by atoms with Gasteiger partial charge in [0.15, 0.2) is 0 Å². The number of carbonyl (C=O) groups is 3. The van der Waals surface area contributed by atoms with E-state index in [-0.39, 0.29) is 9.77 Å². The Hall–Kier alpha value is -2.41. The molecule has 1 aromatic heterocycles. The molecular weight excluding hydrogens is 460 g/mol. The highest BCUT2D eigenvalue weighted by atomic mass is 32.2. The van der Waals surface area contributed by atoms with E-state index in [9.17, 15) is 22.8 Å². The van der Waals surface area contributed by atoms with Crippen molar-refractivity contribution in [3.8, 4) is 0 Å². The lowest BCUT2D eigenvalue weighted by Gasteiger charge is -2.25. The van der Waals surface area contributed by atoms with Crippen molar-refractivity contribution >= 4 is 56.7 Å². The van der Waals surface area contributed by atoms with Crippen LogP contribution in [0.3, 0.4) is 0 Å². The summed E-state index contributed by atoms with van der Waals surface area (Å²) in [6.45, 7) is 2.39. The van der Waals surface area contributed by atoms with Crippen LogP contribution in [0.25, 0.3) is 0 Å². The molecule has 2 aliphatic heterocycles. The molecule has 2 saturated heterocycles. The van der Waals surface area contributed by atoms with Gasteiger partial charge in [0.25, 0.3) is 11.8 Å². The minimum absolute atomic E-state index is 0.00699. The van der Waals surface area contributed by atoms with Gasteiger partial charge >= 0.3 is 6.03 Å². The van der Waals surface area contributed by atoms with Gasteiger partial charge in [0.2, 0.25) is 10.0 Å². The zero-order chi connectivity index (χ0) is 22.2. The summed E-state index contributed by atoms with van der Waals surface area (Å²) < 4.78 is 27.5. The second-order valence-electron chi connectivity index (χ2n) is 7.20. The van der Waals surface area contributed by atoms with Crippen molar-refractivity contribution in [1.29, 1.82) is 0 Å². The molecule has 1 atom stereocenters. The Morgan fingerprint density at radius 3 is 2.61 bits per heavy atom. The van der Waals surface area contributed by atoms with Crippen LogP contribution in [-0.4, -0.2) is 55.2 Å². The van der Waals surface area contributed by atoms with Gasteiger partial charge in [-0.2, -0.15) is 16.1 Å². The van der Waals surface area contributed by atoms with Crippen molar-refractivity contribution in [2.45, 2.75) is 17.4 Å². The molecule has 4 rings (SSSR count). The number of hydrogen-bond donors (Lipinski definition) is 3. The van der Waals surface area contributed by atoms with E-state index in [1.54, 1.807) is 48.3 Å². The topological polar surface area (TPSA) is 125 Å². The fourth-order valence-corrected chi connectivity index (χ4v) is 7.31. The molecule has 0 radical (unpaired) electrons. The highest BCUT2D eigenvalue weighted by molar-refractivity contribution is 7.99. The smallest absolute Gasteiger partial charge is 0.321 e. The second kappa shape index (κ2) is 8.26. The Kier molecular flexibility index (Phi) is 5.81. The van der Waals surface area contributed by atoms with Crippen LogP contribution in [-0.2, 0) is 20.4 Å². The van der Waals surface area contributed by atoms with Crippen LogP contribution in [0.4, 0.5) is 10.5 Å². The summed E-state index contributed by atoms with van der Waals surface area (Å²) in [6.07, 6.45) is 0. The minimum Gasteiger partial charge on any atom is -0.321 e. The number of imide groups is 1. The van der Waals surface area contributed by atoms with Crippen LogP contribution < -0.4 is 16.0 Å². The predicted molar refractivity (Wildman–Crippen MR) is 119 cm³/mol. The Labute approximate surface area is 187 Å². The Bertz CT molecular complexity index is 1160. The van der Waals surface area contributed by atoms with Crippen LogP contribution >= 0.6 is 23.1 Å². The zero-order valence-corrected chi connectivity index (χ0v) is 19.0. The molecule has 1 aromatic carbocycles. The number of rotatable bonds is 5. The number of hydrogen-bond acceptors (Lipinski definition) is 7. The summed E-state index contributed by atoms with van der Waals surface area (Å²) in [7, 11) is -3.76. The molecule has 1 unspecified atom stereocenters. The lowest BCUT2D eigenvalue weighted by Crippen LogP contribution is -2.40. The van der Waals surface area contributed by atoms with Crippen molar-refractivity contribution in [1.82, 2.24) is 14.9 Å². The quantitative estimate of drug-likeness (QED) is 0.561. The SMILES string of the molecule is CC1(c2cccc(NC(=O)c3sccc3S(=O)(=O)N3CCSCC3)c2)NC(=O)NC1=O. The third kappa shape index (κ3) is 4.07. The van der Waals surface area contributed by atoms with E-state index >= 15 is 0 Å². The normalized spacial score (nSPS) is 22.1. The van der Waals surface area contributed by atoms with Crippen LogP contribution in [0.15, 0.2) is 40.6 Å². The maximum atomic E-state index is 13.0. The van der Waals surface area contributed by atoms with Gasteiger partial charge in [0, 0.05) is 30.3 Å². The van der Waals surface area contributed by atoms with Gasteiger partial charge in [-0.3, -0.25) is 14.9 Å². The van der Waals surface area contributed by atoms with Crippen molar-refractivity contribution in [2.75, 3.05) is 29.9 Å². The average Bonchev–Trinajstić information content (AvgIpc) is 3.34. The summed E-state index contributed by atoms with van der Waals surface area (Å²) in [6, 6.07) is 7.37. The third-order valence-electron chi connectivity index (χ3n) is 5.17. The first kappa shape index (κ1) is 21.8. The predicted octanol–water partition coefficient (Wildman–Crippen LogP) is 1.79. The second-order valence-corrected chi connectivity index (χ2v) is 11.2. The van der Waals surface area contributed by atoms with Gasteiger partial charge in [-0.1, -0.05) is 12.1 Å². The molecule has 0 aliphatic carbocycles. The number of urea groups is 1. The molecule has 0 bridgehead atoms.